The molecule has 1 atom stereocenters. The summed E-state index contributed by atoms with van der Waals surface area (Å²) in [6.07, 6.45) is 3.93. The highest BCUT2D eigenvalue weighted by Crippen LogP contribution is 2.28. The van der Waals surface area contributed by atoms with Crippen molar-refractivity contribution in [2.24, 2.45) is 11.7 Å². The molecule has 0 aliphatic carbocycles. The summed E-state index contributed by atoms with van der Waals surface area (Å²) in [6, 6.07) is 9.02. The molecular weight excluding hydrogens is 248 g/mol. The van der Waals surface area contributed by atoms with Crippen molar-refractivity contribution in [1.29, 1.82) is 0 Å². The molecule has 1 aliphatic rings. The van der Waals surface area contributed by atoms with Crippen LogP contribution in [0.5, 0.6) is 0 Å². The average Bonchev–Trinajstić information content (AvgIpc) is 2.49. The summed E-state index contributed by atoms with van der Waals surface area (Å²) in [5.74, 6) is 0.907. The number of ether oxygens (including phenoxy) is 1. The largest absolute Gasteiger partial charge is 0.380 e. The topological polar surface area (TPSA) is 38.5 Å². The first-order valence-electron chi connectivity index (χ1n) is 7.80. The normalized spacial score (nSPS) is 19.1. The number of methoxy groups -OCH3 is 1. The summed E-state index contributed by atoms with van der Waals surface area (Å²) in [6.45, 7) is 6.01. The quantitative estimate of drug-likeness (QED) is 0.868. The van der Waals surface area contributed by atoms with Crippen LogP contribution in [0.25, 0.3) is 0 Å². The molecule has 0 saturated carbocycles. The molecule has 1 heterocycles. The maximum atomic E-state index is 6.05. The summed E-state index contributed by atoms with van der Waals surface area (Å²) < 4.78 is 5.23. The zero-order valence-electron chi connectivity index (χ0n) is 12.8. The third-order valence-corrected chi connectivity index (χ3v) is 4.54. The van der Waals surface area contributed by atoms with Crippen LogP contribution in [0.4, 0.5) is 0 Å². The van der Waals surface area contributed by atoms with Crippen molar-refractivity contribution in [1.82, 2.24) is 4.90 Å². The van der Waals surface area contributed by atoms with Gasteiger partial charge in [-0.3, -0.25) is 4.90 Å². The summed E-state index contributed by atoms with van der Waals surface area (Å²) >= 11 is 0. The summed E-state index contributed by atoms with van der Waals surface area (Å²) in [5, 5.41) is 0. The van der Waals surface area contributed by atoms with Gasteiger partial charge < -0.3 is 10.5 Å². The molecule has 1 fully saturated rings. The van der Waals surface area contributed by atoms with E-state index in [0.29, 0.717) is 19.2 Å². The molecular formula is C17H28N2O. The Balaban J connectivity index is 2.06. The third-order valence-electron chi connectivity index (χ3n) is 4.54. The van der Waals surface area contributed by atoms with E-state index >= 15 is 0 Å². The first-order valence-corrected chi connectivity index (χ1v) is 7.80. The van der Waals surface area contributed by atoms with E-state index in [9.17, 15) is 0 Å². The van der Waals surface area contributed by atoms with E-state index in [4.69, 9.17) is 10.5 Å². The zero-order valence-corrected chi connectivity index (χ0v) is 12.8. The first kappa shape index (κ1) is 15.5. The Morgan fingerprint density at radius 3 is 2.70 bits per heavy atom. The number of piperidine rings is 1. The van der Waals surface area contributed by atoms with Gasteiger partial charge in [-0.15, -0.1) is 0 Å². The smallest absolute Gasteiger partial charge is 0.0713 e. The lowest BCUT2D eigenvalue weighted by Crippen LogP contribution is -2.39. The van der Waals surface area contributed by atoms with Gasteiger partial charge in [0.15, 0.2) is 0 Å². The highest BCUT2D eigenvalue weighted by atomic mass is 16.5. The predicted octanol–water partition coefficient (Wildman–Crippen LogP) is 2.95. The molecule has 2 rings (SSSR count). The molecule has 0 amide bonds. The Bertz CT molecular complexity index is 400. The fourth-order valence-corrected chi connectivity index (χ4v) is 3.23. The molecule has 3 heteroatoms. The Morgan fingerprint density at radius 2 is 2.10 bits per heavy atom. The molecule has 0 radical (unpaired) electrons. The van der Waals surface area contributed by atoms with Gasteiger partial charge in [-0.05, 0) is 43.0 Å². The molecule has 0 bridgehead atoms. The van der Waals surface area contributed by atoms with Crippen molar-refractivity contribution in [3.8, 4) is 0 Å². The highest BCUT2D eigenvalue weighted by molar-refractivity contribution is 5.26. The van der Waals surface area contributed by atoms with Crippen molar-refractivity contribution < 1.29 is 4.74 Å². The molecule has 0 aromatic heterocycles. The van der Waals surface area contributed by atoms with Crippen LogP contribution < -0.4 is 5.73 Å². The van der Waals surface area contributed by atoms with Crippen molar-refractivity contribution in [3.05, 3.63) is 35.4 Å². The first-order chi connectivity index (χ1) is 9.78. The van der Waals surface area contributed by atoms with Gasteiger partial charge in [0.25, 0.3) is 0 Å². The second-order valence-corrected chi connectivity index (χ2v) is 5.82. The minimum absolute atomic E-state index is 0.351. The van der Waals surface area contributed by atoms with Crippen molar-refractivity contribution in [2.75, 3.05) is 26.7 Å². The standard InChI is InChI=1S/C17H28N2O/c1-3-14-7-9-19(10-8-14)17(12-18)16-6-4-5-15(11-16)13-20-2/h4-6,11,14,17H,3,7-10,12-13,18H2,1-2H3. The van der Waals surface area contributed by atoms with Gasteiger partial charge in [0.1, 0.15) is 0 Å². The fraction of sp³-hybridized carbons (Fsp3) is 0.647. The molecule has 20 heavy (non-hydrogen) atoms. The number of hydrogen-bond acceptors (Lipinski definition) is 3. The van der Waals surface area contributed by atoms with Crippen molar-refractivity contribution >= 4 is 0 Å². The van der Waals surface area contributed by atoms with Crippen LogP contribution in [0, 0.1) is 5.92 Å². The van der Waals surface area contributed by atoms with Gasteiger partial charge in [0.05, 0.1) is 6.61 Å². The predicted molar refractivity (Wildman–Crippen MR) is 83.5 cm³/mol. The fourth-order valence-electron chi connectivity index (χ4n) is 3.23. The molecule has 1 aliphatic heterocycles. The molecule has 1 saturated heterocycles. The molecule has 112 valence electrons. The number of nitrogens with two attached hydrogens (primary N) is 1. The lowest BCUT2D eigenvalue weighted by Gasteiger charge is -2.37. The van der Waals surface area contributed by atoms with Gasteiger partial charge in [-0.25, -0.2) is 0 Å². The van der Waals surface area contributed by atoms with Crippen LogP contribution in [0.2, 0.25) is 0 Å². The Hall–Kier alpha value is -0.900. The van der Waals surface area contributed by atoms with Crippen LogP contribution in [0.15, 0.2) is 24.3 Å². The molecule has 2 N–H and O–H groups in total. The molecule has 0 spiro atoms. The van der Waals surface area contributed by atoms with E-state index in [1.165, 1.54) is 43.5 Å². The number of hydrogen-bond donors (Lipinski definition) is 1. The van der Waals surface area contributed by atoms with Gasteiger partial charge in [0, 0.05) is 19.7 Å². The summed E-state index contributed by atoms with van der Waals surface area (Å²) in [7, 11) is 1.74. The maximum absolute atomic E-state index is 6.05. The molecule has 1 aromatic carbocycles. The van der Waals surface area contributed by atoms with Crippen molar-refractivity contribution in [2.45, 2.75) is 38.8 Å². The average molecular weight is 276 g/mol. The van der Waals surface area contributed by atoms with Crippen molar-refractivity contribution in [3.63, 3.8) is 0 Å². The number of likely N-dealkylation sites (tertiary alicyclic amines) is 1. The summed E-state index contributed by atoms with van der Waals surface area (Å²) in [4.78, 5) is 2.55. The van der Waals surface area contributed by atoms with Crippen LogP contribution >= 0.6 is 0 Å². The van der Waals surface area contributed by atoms with Gasteiger partial charge in [0.2, 0.25) is 0 Å². The monoisotopic (exact) mass is 276 g/mol. The second-order valence-electron chi connectivity index (χ2n) is 5.82. The minimum Gasteiger partial charge on any atom is -0.380 e. The third kappa shape index (κ3) is 3.81. The number of benzene rings is 1. The van der Waals surface area contributed by atoms with E-state index in [0.717, 1.165) is 5.92 Å². The van der Waals surface area contributed by atoms with E-state index in [1.54, 1.807) is 7.11 Å². The van der Waals surface area contributed by atoms with Crippen LogP contribution in [0.3, 0.4) is 0 Å². The molecule has 1 unspecified atom stereocenters. The Morgan fingerprint density at radius 1 is 1.35 bits per heavy atom. The van der Waals surface area contributed by atoms with Crippen LogP contribution in [-0.2, 0) is 11.3 Å². The second kappa shape index (κ2) is 7.77. The minimum atomic E-state index is 0.351. The highest BCUT2D eigenvalue weighted by Gasteiger charge is 2.24. The van der Waals surface area contributed by atoms with E-state index < -0.39 is 0 Å². The number of nitrogens with zero attached hydrogens (tertiary/aromatic N) is 1. The molecule has 3 nitrogen and oxygen atoms in total. The van der Waals surface area contributed by atoms with Gasteiger partial charge in [-0.1, -0.05) is 37.6 Å². The van der Waals surface area contributed by atoms with E-state index in [-0.39, 0.29) is 0 Å². The van der Waals surface area contributed by atoms with Gasteiger partial charge in [-0.2, -0.15) is 0 Å². The lowest BCUT2D eigenvalue weighted by atomic mass is 9.92. The van der Waals surface area contributed by atoms with E-state index in [1.807, 2.05) is 0 Å². The van der Waals surface area contributed by atoms with Crippen LogP contribution in [-0.4, -0.2) is 31.6 Å². The van der Waals surface area contributed by atoms with E-state index in [2.05, 4.69) is 36.1 Å². The zero-order chi connectivity index (χ0) is 14.4. The maximum Gasteiger partial charge on any atom is 0.0713 e. The number of rotatable bonds is 6. The lowest BCUT2D eigenvalue weighted by molar-refractivity contribution is 0.133. The SMILES string of the molecule is CCC1CCN(C(CN)c2cccc(COC)c2)CC1. The van der Waals surface area contributed by atoms with Crippen LogP contribution in [0.1, 0.15) is 43.4 Å². The molecule has 1 aromatic rings. The summed E-state index contributed by atoms with van der Waals surface area (Å²) in [5.41, 5.74) is 8.61. The van der Waals surface area contributed by atoms with Gasteiger partial charge >= 0.3 is 0 Å². The Kier molecular flexibility index (Phi) is 6.02. The Labute approximate surface area is 123 Å².